The van der Waals surface area contributed by atoms with Gasteiger partial charge in [0.2, 0.25) is 17.8 Å². The Morgan fingerprint density at radius 2 is 2.03 bits per heavy atom. The lowest BCUT2D eigenvalue weighted by atomic mass is 10.1. The Kier molecular flexibility index (Phi) is 7.32. The number of hydrogen-bond acceptors (Lipinski definition) is 9. The predicted octanol–water partition coefficient (Wildman–Crippen LogP) is 4.17. The summed E-state index contributed by atoms with van der Waals surface area (Å²) in [6.45, 7) is 1.61. The van der Waals surface area contributed by atoms with E-state index in [9.17, 15) is 4.79 Å². The van der Waals surface area contributed by atoms with E-state index in [1.54, 1.807) is 13.4 Å². The summed E-state index contributed by atoms with van der Waals surface area (Å²) >= 11 is 1.32. The van der Waals surface area contributed by atoms with Crippen LogP contribution < -0.4 is 24.4 Å². The molecule has 0 radical (unpaired) electrons. The molecule has 0 bridgehead atoms. The molecular formula is C26H26N4O5S. The molecule has 1 N–H and O–H groups in total. The maximum absolute atomic E-state index is 12.6. The molecule has 1 aliphatic rings. The number of benzene rings is 2. The van der Waals surface area contributed by atoms with Gasteiger partial charge in [-0.15, -0.1) is 0 Å². The summed E-state index contributed by atoms with van der Waals surface area (Å²) in [5, 5.41) is 3.72. The second-order valence-electron chi connectivity index (χ2n) is 8.24. The Hall–Kier alpha value is -4.05. The molecule has 2 aromatic heterocycles. The SMILES string of the molecule is COc1cccc(Cc2nsc(N(CCC(=O)NCc3ccc4c(c3)OCO4)Cc3ccco3)n2)c1. The largest absolute Gasteiger partial charge is 0.497 e. The molecule has 1 amide bonds. The standard InChI is InChI=1S/C26H26N4O5S/c1-32-20-5-2-4-18(12-20)14-24-28-26(36-29-24)30(16-21-6-3-11-33-21)10-9-25(31)27-15-19-7-8-22-23(13-19)35-17-34-22/h2-8,11-13H,9-10,14-17H2,1H3,(H,27,31). The van der Waals surface area contributed by atoms with Crippen LogP contribution in [0.25, 0.3) is 0 Å². The molecule has 1 aliphatic heterocycles. The fourth-order valence-electron chi connectivity index (χ4n) is 3.82. The number of fused-ring (bicyclic) bond motifs is 1. The molecule has 5 rings (SSSR count). The first-order valence-electron chi connectivity index (χ1n) is 11.5. The van der Waals surface area contributed by atoms with Gasteiger partial charge < -0.3 is 28.8 Å². The lowest BCUT2D eigenvalue weighted by Crippen LogP contribution is -2.30. The van der Waals surface area contributed by atoms with Gasteiger partial charge in [0.1, 0.15) is 17.3 Å². The summed E-state index contributed by atoms with van der Waals surface area (Å²) in [5.74, 6) is 3.68. The fourth-order valence-corrected chi connectivity index (χ4v) is 4.53. The quantitative estimate of drug-likeness (QED) is 0.324. The molecule has 3 heterocycles. The number of nitrogens with one attached hydrogen (secondary N) is 1. The lowest BCUT2D eigenvalue weighted by Gasteiger charge is -2.20. The Bertz CT molecular complexity index is 1310. The second-order valence-corrected chi connectivity index (χ2v) is 8.97. The number of methoxy groups -OCH3 is 1. The van der Waals surface area contributed by atoms with Gasteiger partial charge in [-0.05, 0) is 47.5 Å². The van der Waals surface area contributed by atoms with Crippen molar-refractivity contribution in [2.75, 3.05) is 25.3 Å². The first-order chi connectivity index (χ1) is 17.7. The third kappa shape index (κ3) is 5.95. The van der Waals surface area contributed by atoms with Crippen molar-refractivity contribution in [3.63, 3.8) is 0 Å². The average molecular weight is 507 g/mol. The van der Waals surface area contributed by atoms with Gasteiger partial charge >= 0.3 is 0 Å². The van der Waals surface area contributed by atoms with Gasteiger partial charge in [-0.2, -0.15) is 4.37 Å². The first-order valence-corrected chi connectivity index (χ1v) is 12.3. The van der Waals surface area contributed by atoms with Gasteiger partial charge in [-0.3, -0.25) is 4.79 Å². The van der Waals surface area contributed by atoms with E-state index in [0.717, 1.165) is 39.3 Å². The van der Waals surface area contributed by atoms with Crippen LogP contribution in [0.5, 0.6) is 17.2 Å². The minimum atomic E-state index is -0.0572. The van der Waals surface area contributed by atoms with Crippen molar-refractivity contribution in [3.05, 3.63) is 83.6 Å². The van der Waals surface area contributed by atoms with E-state index in [2.05, 4.69) is 9.69 Å². The van der Waals surface area contributed by atoms with Crippen molar-refractivity contribution < 1.29 is 23.4 Å². The number of amides is 1. The molecule has 10 heteroatoms. The van der Waals surface area contributed by atoms with Crippen molar-refractivity contribution in [3.8, 4) is 17.2 Å². The maximum Gasteiger partial charge on any atom is 0.231 e. The maximum atomic E-state index is 12.6. The van der Waals surface area contributed by atoms with Crippen molar-refractivity contribution in [2.24, 2.45) is 0 Å². The molecule has 186 valence electrons. The number of ether oxygens (including phenoxy) is 3. The number of carbonyl (C=O) groups excluding carboxylic acids is 1. The number of carbonyl (C=O) groups is 1. The van der Waals surface area contributed by atoms with Crippen LogP contribution >= 0.6 is 11.5 Å². The van der Waals surface area contributed by atoms with Gasteiger partial charge in [-0.25, -0.2) is 4.98 Å². The molecule has 0 fully saturated rings. The summed E-state index contributed by atoms with van der Waals surface area (Å²) < 4.78 is 26.1. The van der Waals surface area contributed by atoms with E-state index in [4.69, 9.17) is 23.6 Å². The number of aromatic nitrogens is 2. The second kappa shape index (κ2) is 11.1. The Balaban J connectivity index is 1.20. The van der Waals surface area contributed by atoms with Crippen molar-refractivity contribution in [1.82, 2.24) is 14.7 Å². The van der Waals surface area contributed by atoms with Crippen LogP contribution in [0.4, 0.5) is 5.13 Å². The van der Waals surface area contributed by atoms with E-state index in [1.165, 1.54) is 11.5 Å². The Labute approximate surface area is 212 Å². The van der Waals surface area contributed by atoms with Gasteiger partial charge in [0, 0.05) is 37.5 Å². The zero-order valence-electron chi connectivity index (χ0n) is 19.8. The van der Waals surface area contributed by atoms with Crippen molar-refractivity contribution in [1.29, 1.82) is 0 Å². The zero-order chi connectivity index (χ0) is 24.7. The average Bonchev–Trinajstić information content (AvgIpc) is 3.67. The first kappa shape index (κ1) is 23.7. The molecular weight excluding hydrogens is 480 g/mol. The van der Waals surface area contributed by atoms with Gasteiger partial charge in [0.25, 0.3) is 0 Å². The van der Waals surface area contributed by atoms with Gasteiger partial charge in [0.05, 0.1) is 19.9 Å². The van der Waals surface area contributed by atoms with Crippen LogP contribution in [-0.2, 0) is 24.3 Å². The van der Waals surface area contributed by atoms with E-state index in [-0.39, 0.29) is 12.7 Å². The third-order valence-corrected chi connectivity index (χ3v) is 6.50. The fraction of sp³-hybridized carbons (Fsp3) is 0.269. The van der Waals surface area contributed by atoms with Crippen LogP contribution in [0.2, 0.25) is 0 Å². The van der Waals surface area contributed by atoms with E-state index in [1.807, 2.05) is 59.5 Å². The highest BCUT2D eigenvalue weighted by atomic mass is 32.1. The van der Waals surface area contributed by atoms with Crippen molar-refractivity contribution >= 4 is 22.6 Å². The molecule has 36 heavy (non-hydrogen) atoms. The molecule has 2 aromatic carbocycles. The molecule has 0 unspecified atom stereocenters. The van der Waals surface area contributed by atoms with E-state index < -0.39 is 0 Å². The normalized spacial score (nSPS) is 11.9. The number of furan rings is 1. The van der Waals surface area contributed by atoms with Gasteiger partial charge in [0.15, 0.2) is 11.5 Å². The molecule has 9 nitrogen and oxygen atoms in total. The molecule has 0 saturated heterocycles. The van der Waals surface area contributed by atoms with E-state index >= 15 is 0 Å². The van der Waals surface area contributed by atoms with Gasteiger partial charge in [-0.1, -0.05) is 18.2 Å². The summed E-state index contributed by atoms with van der Waals surface area (Å²) in [4.78, 5) is 19.4. The molecule has 0 atom stereocenters. The molecule has 4 aromatic rings. The highest BCUT2D eigenvalue weighted by molar-refractivity contribution is 7.09. The number of nitrogens with zero attached hydrogens (tertiary/aromatic N) is 3. The minimum Gasteiger partial charge on any atom is -0.497 e. The molecule has 0 saturated carbocycles. The highest BCUT2D eigenvalue weighted by Gasteiger charge is 2.17. The smallest absolute Gasteiger partial charge is 0.231 e. The Morgan fingerprint density at radius 3 is 2.89 bits per heavy atom. The van der Waals surface area contributed by atoms with Crippen LogP contribution in [-0.4, -0.2) is 35.7 Å². The topological polar surface area (TPSA) is 99.0 Å². The summed E-state index contributed by atoms with van der Waals surface area (Å²) in [6.07, 6.45) is 2.54. The Morgan fingerprint density at radius 1 is 1.11 bits per heavy atom. The number of hydrogen-bond donors (Lipinski definition) is 1. The highest BCUT2D eigenvalue weighted by Crippen LogP contribution is 2.32. The lowest BCUT2D eigenvalue weighted by molar-refractivity contribution is -0.121. The zero-order valence-corrected chi connectivity index (χ0v) is 20.6. The van der Waals surface area contributed by atoms with Crippen LogP contribution in [0.3, 0.4) is 0 Å². The summed E-state index contributed by atoms with van der Waals surface area (Å²) in [6, 6.07) is 17.3. The molecule has 0 aliphatic carbocycles. The number of anilines is 1. The van der Waals surface area contributed by atoms with Crippen LogP contribution in [0.15, 0.2) is 65.3 Å². The summed E-state index contributed by atoms with van der Waals surface area (Å²) in [5.41, 5.74) is 2.02. The molecule has 0 spiro atoms. The predicted molar refractivity (Wildman–Crippen MR) is 134 cm³/mol. The van der Waals surface area contributed by atoms with Crippen LogP contribution in [0, 0.1) is 0 Å². The number of rotatable bonds is 11. The third-order valence-electron chi connectivity index (χ3n) is 5.69. The monoisotopic (exact) mass is 506 g/mol. The van der Waals surface area contributed by atoms with Crippen LogP contribution in [0.1, 0.15) is 29.1 Å². The van der Waals surface area contributed by atoms with E-state index in [0.29, 0.717) is 38.2 Å². The minimum absolute atomic E-state index is 0.0572. The summed E-state index contributed by atoms with van der Waals surface area (Å²) in [7, 11) is 1.65. The van der Waals surface area contributed by atoms with Crippen molar-refractivity contribution in [2.45, 2.75) is 25.9 Å².